The Morgan fingerprint density at radius 1 is 1.19 bits per heavy atom. The summed E-state index contributed by atoms with van der Waals surface area (Å²) in [5.41, 5.74) is 1.78. The molecule has 0 saturated carbocycles. The number of carbonyl (C=O) groups excluding carboxylic acids is 1. The third-order valence-electron chi connectivity index (χ3n) is 3.73. The van der Waals surface area contributed by atoms with Gasteiger partial charge in [0.25, 0.3) is 0 Å². The van der Waals surface area contributed by atoms with Crippen LogP contribution in [-0.2, 0) is 6.18 Å². The Kier molecular flexibility index (Phi) is 6.68. The Balaban J connectivity index is 1.79. The average Bonchev–Trinajstić information content (AvgIpc) is 2.60. The van der Waals surface area contributed by atoms with Crippen molar-refractivity contribution in [3.63, 3.8) is 0 Å². The highest BCUT2D eigenvalue weighted by Crippen LogP contribution is 2.31. The molecule has 0 heterocycles. The quantitative estimate of drug-likeness (QED) is 0.710. The number of hydrogen-bond acceptors (Lipinski definition) is 3. The summed E-state index contributed by atoms with van der Waals surface area (Å²) < 4.78 is 43.1. The van der Waals surface area contributed by atoms with Gasteiger partial charge in [-0.15, -0.1) is 0 Å². The van der Waals surface area contributed by atoms with Crippen LogP contribution in [0.4, 0.5) is 23.7 Å². The Hall–Kier alpha value is -2.74. The fourth-order valence-electron chi connectivity index (χ4n) is 2.34. The fraction of sp³-hybridized carbons (Fsp3) is 0.316. The van der Waals surface area contributed by atoms with Crippen molar-refractivity contribution in [2.75, 3.05) is 18.5 Å². The van der Waals surface area contributed by atoms with E-state index in [-0.39, 0.29) is 18.9 Å². The third-order valence-corrected chi connectivity index (χ3v) is 3.73. The molecule has 146 valence electrons. The molecule has 0 fully saturated rings. The van der Waals surface area contributed by atoms with Crippen molar-refractivity contribution in [1.29, 1.82) is 0 Å². The number of carbonyl (C=O) groups is 1. The van der Waals surface area contributed by atoms with E-state index in [0.29, 0.717) is 5.69 Å². The molecule has 0 unspecified atom stereocenters. The van der Waals surface area contributed by atoms with Crippen LogP contribution in [0.25, 0.3) is 0 Å². The van der Waals surface area contributed by atoms with Gasteiger partial charge in [0.1, 0.15) is 18.5 Å². The van der Waals surface area contributed by atoms with E-state index in [1.54, 1.807) is 6.07 Å². The number of amides is 2. The first-order valence-corrected chi connectivity index (χ1v) is 8.25. The lowest BCUT2D eigenvalue weighted by atomic mass is 10.1. The van der Waals surface area contributed by atoms with E-state index in [4.69, 9.17) is 4.74 Å². The van der Waals surface area contributed by atoms with Crippen LogP contribution >= 0.6 is 0 Å². The smallest absolute Gasteiger partial charge is 0.416 e. The van der Waals surface area contributed by atoms with Crippen molar-refractivity contribution in [3.05, 3.63) is 59.2 Å². The van der Waals surface area contributed by atoms with Crippen LogP contribution in [0.15, 0.2) is 42.5 Å². The van der Waals surface area contributed by atoms with E-state index in [1.807, 2.05) is 26.0 Å². The summed E-state index contributed by atoms with van der Waals surface area (Å²) in [6.07, 6.45) is -5.55. The van der Waals surface area contributed by atoms with E-state index in [1.165, 1.54) is 12.1 Å². The van der Waals surface area contributed by atoms with Crippen LogP contribution in [-0.4, -0.2) is 30.4 Å². The summed E-state index contributed by atoms with van der Waals surface area (Å²) in [5, 5.41) is 15.0. The largest absolute Gasteiger partial charge is 0.491 e. The number of benzene rings is 2. The van der Waals surface area contributed by atoms with Crippen LogP contribution in [0, 0.1) is 13.8 Å². The zero-order valence-electron chi connectivity index (χ0n) is 14.9. The van der Waals surface area contributed by atoms with Crippen LogP contribution in [0.3, 0.4) is 0 Å². The summed E-state index contributed by atoms with van der Waals surface area (Å²) in [5.74, 6) is -0.0105. The highest BCUT2D eigenvalue weighted by Gasteiger charge is 2.30. The molecule has 0 bridgehead atoms. The number of aliphatic hydroxyl groups is 1. The topological polar surface area (TPSA) is 70.6 Å². The second-order valence-corrected chi connectivity index (χ2v) is 6.14. The predicted octanol–water partition coefficient (Wildman–Crippen LogP) is 3.88. The molecular formula is C19H21F3N2O3. The number of anilines is 1. The summed E-state index contributed by atoms with van der Waals surface area (Å²) in [7, 11) is 0. The zero-order valence-corrected chi connectivity index (χ0v) is 14.9. The monoisotopic (exact) mass is 382 g/mol. The maximum Gasteiger partial charge on any atom is 0.416 e. The molecule has 2 rings (SSSR count). The Morgan fingerprint density at radius 2 is 1.93 bits per heavy atom. The molecule has 0 aliphatic heterocycles. The average molecular weight is 382 g/mol. The van der Waals surface area contributed by atoms with Gasteiger partial charge in [-0.2, -0.15) is 13.2 Å². The summed E-state index contributed by atoms with van der Waals surface area (Å²) >= 11 is 0. The minimum atomic E-state index is -4.47. The molecular weight excluding hydrogens is 361 g/mol. The standard InChI is InChI=1S/C19H21F3N2O3/c1-12-6-7-17(13(2)8-12)24-18(26)23-10-15(25)11-27-16-5-3-4-14(9-16)19(20,21)22/h3-9,15,25H,10-11H2,1-2H3,(H2,23,24,26)/t15-/m1/s1. The molecule has 1 atom stereocenters. The SMILES string of the molecule is Cc1ccc(NC(=O)NC[C@@H](O)COc2cccc(C(F)(F)F)c2)c(C)c1. The molecule has 5 nitrogen and oxygen atoms in total. The molecule has 0 aliphatic rings. The van der Waals surface area contributed by atoms with E-state index in [2.05, 4.69) is 10.6 Å². The molecule has 0 saturated heterocycles. The number of nitrogens with one attached hydrogen (secondary N) is 2. The number of hydrogen-bond donors (Lipinski definition) is 3. The van der Waals surface area contributed by atoms with Crippen molar-refractivity contribution < 1.29 is 27.8 Å². The van der Waals surface area contributed by atoms with E-state index >= 15 is 0 Å². The van der Waals surface area contributed by atoms with E-state index in [0.717, 1.165) is 23.3 Å². The van der Waals surface area contributed by atoms with Crippen molar-refractivity contribution in [2.24, 2.45) is 0 Å². The highest BCUT2D eigenvalue weighted by molar-refractivity contribution is 5.90. The molecule has 3 N–H and O–H groups in total. The first-order valence-electron chi connectivity index (χ1n) is 8.25. The van der Waals surface area contributed by atoms with Crippen molar-refractivity contribution in [3.8, 4) is 5.75 Å². The van der Waals surface area contributed by atoms with Gasteiger partial charge in [0.05, 0.1) is 5.56 Å². The number of rotatable bonds is 6. The lowest BCUT2D eigenvalue weighted by molar-refractivity contribution is -0.137. The number of aliphatic hydroxyl groups excluding tert-OH is 1. The number of urea groups is 1. The number of aryl methyl sites for hydroxylation is 2. The first kappa shape index (κ1) is 20.6. The number of alkyl halides is 3. The van der Waals surface area contributed by atoms with Crippen molar-refractivity contribution in [2.45, 2.75) is 26.1 Å². The Labute approximate surface area is 155 Å². The maximum atomic E-state index is 12.6. The highest BCUT2D eigenvalue weighted by atomic mass is 19.4. The molecule has 0 spiro atoms. The summed E-state index contributed by atoms with van der Waals surface area (Å²) in [4.78, 5) is 11.9. The minimum absolute atomic E-state index is 0.0105. The first-order chi connectivity index (χ1) is 12.6. The van der Waals surface area contributed by atoms with Gasteiger partial charge in [0.15, 0.2) is 0 Å². The predicted molar refractivity (Wildman–Crippen MR) is 95.9 cm³/mol. The van der Waals surface area contributed by atoms with Gasteiger partial charge in [-0.1, -0.05) is 23.8 Å². The molecule has 27 heavy (non-hydrogen) atoms. The van der Waals surface area contributed by atoms with Crippen molar-refractivity contribution in [1.82, 2.24) is 5.32 Å². The van der Waals surface area contributed by atoms with E-state index in [9.17, 15) is 23.1 Å². The van der Waals surface area contributed by atoms with Crippen LogP contribution in [0.2, 0.25) is 0 Å². The summed E-state index contributed by atoms with van der Waals surface area (Å²) in [6, 6.07) is 9.43. The third kappa shape index (κ3) is 6.49. The number of ether oxygens (including phenoxy) is 1. The second-order valence-electron chi connectivity index (χ2n) is 6.14. The van der Waals surface area contributed by atoms with Crippen LogP contribution < -0.4 is 15.4 Å². The maximum absolute atomic E-state index is 12.6. The molecule has 2 amide bonds. The zero-order chi connectivity index (χ0) is 20.0. The van der Waals surface area contributed by atoms with Gasteiger partial charge in [0.2, 0.25) is 0 Å². The normalized spacial score (nSPS) is 12.4. The van der Waals surface area contributed by atoms with Gasteiger partial charge in [-0.05, 0) is 43.7 Å². The lowest BCUT2D eigenvalue weighted by Gasteiger charge is -2.15. The van der Waals surface area contributed by atoms with Gasteiger partial charge >= 0.3 is 12.2 Å². The lowest BCUT2D eigenvalue weighted by Crippen LogP contribution is -2.37. The summed E-state index contributed by atoms with van der Waals surface area (Å²) in [6.45, 7) is 3.43. The Morgan fingerprint density at radius 3 is 2.59 bits per heavy atom. The van der Waals surface area contributed by atoms with Crippen molar-refractivity contribution >= 4 is 11.7 Å². The molecule has 0 aliphatic carbocycles. The number of halogens is 3. The molecule has 0 radical (unpaired) electrons. The van der Waals surface area contributed by atoms with E-state index < -0.39 is 23.9 Å². The Bertz CT molecular complexity index is 794. The molecule has 0 aromatic heterocycles. The molecule has 8 heteroatoms. The van der Waals surface area contributed by atoms with Crippen LogP contribution in [0.5, 0.6) is 5.75 Å². The van der Waals surface area contributed by atoms with Gasteiger partial charge in [0, 0.05) is 12.2 Å². The fourth-order valence-corrected chi connectivity index (χ4v) is 2.34. The molecule has 2 aromatic rings. The van der Waals surface area contributed by atoms with Gasteiger partial charge < -0.3 is 20.5 Å². The molecule has 2 aromatic carbocycles. The minimum Gasteiger partial charge on any atom is -0.491 e. The van der Waals surface area contributed by atoms with Gasteiger partial charge in [-0.3, -0.25) is 0 Å². The van der Waals surface area contributed by atoms with Crippen LogP contribution in [0.1, 0.15) is 16.7 Å². The second kappa shape index (κ2) is 8.77. The van der Waals surface area contributed by atoms with Gasteiger partial charge in [-0.25, -0.2) is 4.79 Å².